The number of nitrogens with zero attached hydrogens (tertiary/aromatic N) is 2. The van der Waals surface area contributed by atoms with Gasteiger partial charge in [0, 0.05) is 6.04 Å². The maximum atomic E-state index is 13.0. The number of alkyl halides is 3. The average molecular weight is 426 g/mol. The highest BCUT2D eigenvalue weighted by Gasteiger charge is 2.39. The molecule has 2 aromatic carbocycles. The summed E-state index contributed by atoms with van der Waals surface area (Å²) in [6.45, 7) is 0.184. The summed E-state index contributed by atoms with van der Waals surface area (Å²) < 4.78 is 44.6. The second-order valence-electron chi connectivity index (χ2n) is 7.87. The number of amides is 1. The fourth-order valence-corrected chi connectivity index (χ4v) is 4.40. The van der Waals surface area contributed by atoms with E-state index in [9.17, 15) is 23.2 Å². The number of benzene rings is 2. The molecule has 2 heterocycles. The lowest BCUT2D eigenvalue weighted by atomic mass is 9.82. The molecule has 2 aromatic rings. The molecule has 7 heteroatoms. The molecule has 2 atom stereocenters. The Bertz CT molecular complexity index is 1040. The van der Waals surface area contributed by atoms with Crippen LogP contribution in [0.5, 0.6) is 0 Å². The van der Waals surface area contributed by atoms with Gasteiger partial charge in [-0.2, -0.15) is 18.4 Å². The molecule has 2 unspecified atom stereocenters. The fourth-order valence-electron chi connectivity index (χ4n) is 4.40. The van der Waals surface area contributed by atoms with E-state index in [0.29, 0.717) is 12.0 Å². The second kappa shape index (κ2) is 8.46. The van der Waals surface area contributed by atoms with Crippen LogP contribution in [0.2, 0.25) is 0 Å². The Morgan fingerprint density at radius 1 is 1.16 bits per heavy atom. The molecular weight excluding hydrogens is 405 g/mol. The van der Waals surface area contributed by atoms with Gasteiger partial charge in [0.1, 0.15) is 6.61 Å². The first-order valence-corrected chi connectivity index (χ1v) is 10.2. The van der Waals surface area contributed by atoms with Crippen molar-refractivity contribution in [3.8, 4) is 6.07 Å². The van der Waals surface area contributed by atoms with E-state index in [0.717, 1.165) is 42.5 Å². The summed E-state index contributed by atoms with van der Waals surface area (Å²) in [4.78, 5) is 14.5. The topological polar surface area (TPSA) is 53.3 Å². The average Bonchev–Trinajstić information content (AvgIpc) is 2.76. The largest absolute Gasteiger partial charge is 0.445 e. The van der Waals surface area contributed by atoms with E-state index < -0.39 is 11.7 Å². The molecule has 2 bridgehead atoms. The number of halogens is 3. The van der Waals surface area contributed by atoms with Crippen LogP contribution in [0.15, 0.2) is 54.6 Å². The molecule has 0 aliphatic carbocycles. The monoisotopic (exact) mass is 426 g/mol. The van der Waals surface area contributed by atoms with Crippen LogP contribution in [0.25, 0.3) is 5.57 Å². The van der Waals surface area contributed by atoms with Gasteiger partial charge >= 0.3 is 12.3 Å². The third-order valence-electron chi connectivity index (χ3n) is 5.87. The zero-order valence-electron chi connectivity index (χ0n) is 16.7. The van der Waals surface area contributed by atoms with Gasteiger partial charge in [-0.05, 0) is 54.5 Å². The van der Waals surface area contributed by atoms with E-state index in [1.54, 1.807) is 4.90 Å². The number of rotatable bonds is 3. The normalized spacial score (nSPS) is 20.6. The van der Waals surface area contributed by atoms with Gasteiger partial charge in [-0.15, -0.1) is 0 Å². The molecule has 1 amide bonds. The minimum absolute atomic E-state index is 0.000692. The lowest BCUT2D eigenvalue weighted by molar-refractivity contribution is -0.137. The van der Waals surface area contributed by atoms with Crippen molar-refractivity contribution in [1.29, 1.82) is 5.26 Å². The van der Waals surface area contributed by atoms with Gasteiger partial charge in [0.15, 0.2) is 0 Å². The van der Waals surface area contributed by atoms with Crippen molar-refractivity contribution in [1.82, 2.24) is 4.90 Å². The Labute approximate surface area is 178 Å². The predicted molar refractivity (Wildman–Crippen MR) is 109 cm³/mol. The number of nitriles is 1. The standard InChI is InChI=1S/C24H21F3N2O2/c25-24(26,27)19-9-10-22(18(11-19)14-28)17-12-20-7-4-8-21(13-17)29(20)23(30)31-15-16-5-2-1-3-6-16/h1-3,5-6,9-12,20-21H,4,7-8,13,15H2. The first-order chi connectivity index (χ1) is 14.9. The third-order valence-corrected chi connectivity index (χ3v) is 5.87. The molecule has 4 nitrogen and oxygen atoms in total. The van der Waals surface area contributed by atoms with Crippen LogP contribution in [-0.2, 0) is 17.5 Å². The SMILES string of the molecule is N#Cc1cc(C(F)(F)F)ccc1C1=CC2CCCC(C1)N2C(=O)OCc1ccccc1. The summed E-state index contributed by atoms with van der Waals surface area (Å²) in [5, 5.41) is 9.43. The summed E-state index contributed by atoms with van der Waals surface area (Å²) in [6.07, 6.45) is 0.00185. The molecule has 2 aliphatic heterocycles. The van der Waals surface area contributed by atoms with Gasteiger partial charge in [0.05, 0.1) is 23.2 Å². The van der Waals surface area contributed by atoms with Crippen molar-refractivity contribution in [3.63, 3.8) is 0 Å². The number of ether oxygens (including phenoxy) is 1. The van der Waals surface area contributed by atoms with Crippen LogP contribution in [-0.4, -0.2) is 23.1 Å². The van der Waals surface area contributed by atoms with Crippen LogP contribution in [0.3, 0.4) is 0 Å². The van der Waals surface area contributed by atoms with Crippen LogP contribution in [0.4, 0.5) is 18.0 Å². The maximum Gasteiger partial charge on any atom is 0.416 e. The Balaban J connectivity index is 1.56. The molecule has 1 saturated heterocycles. The highest BCUT2D eigenvalue weighted by molar-refractivity contribution is 5.76. The van der Waals surface area contributed by atoms with Gasteiger partial charge in [-0.3, -0.25) is 4.90 Å². The zero-order valence-corrected chi connectivity index (χ0v) is 16.7. The van der Waals surface area contributed by atoms with Crippen LogP contribution in [0, 0.1) is 11.3 Å². The summed E-state index contributed by atoms with van der Waals surface area (Å²) in [5.41, 5.74) is 1.38. The van der Waals surface area contributed by atoms with Gasteiger partial charge in [-0.25, -0.2) is 4.79 Å². The van der Waals surface area contributed by atoms with Gasteiger partial charge in [0.25, 0.3) is 0 Å². The Hall–Kier alpha value is -3.27. The van der Waals surface area contributed by atoms with Gasteiger partial charge in [-0.1, -0.05) is 42.5 Å². The molecule has 4 rings (SSSR count). The number of fused-ring (bicyclic) bond motifs is 2. The molecule has 2 aliphatic rings. The fraction of sp³-hybridized carbons (Fsp3) is 0.333. The number of carbonyl (C=O) groups excluding carboxylic acids is 1. The number of hydrogen-bond donors (Lipinski definition) is 0. The van der Waals surface area contributed by atoms with Crippen molar-refractivity contribution < 1.29 is 22.7 Å². The smallest absolute Gasteiger partial charge is 0.416 e. The maximum absolute atomic E-state index is 13.0. The minimum Gasteiger partial charge on any atom is -0.445 e. The van der Waals surface area contributed by atoms with E-state index in [-0.39, 0.29) is 30.3 Å². The molecule has 160 valence electrons. The lowest BCUT2D eigenvalue weighted by Gasteiger charge is -2.44. The molecule has 0 saturated carbocycles. The molecule has 0 N–H and O–H groups in total. The van der Waals surface area contributed by atoms with Crippen molar-refractivity contribution in [2.24, 2.45) is 0 Å². The number of carbonyl (C=O) groups is 1. The Kier molecular flexibility index (Phi) is 5.73. The molecule has 1 fully saturated rings. The van der Waals surface area contributed by atoms with E-state index in [1.165, 1.54) is 6.07 Å². The number of piperidine rings is 1. The van der Waals surface area contributed by atoms with Gasteiger partial charge < -0.3 is 4.74 Å². The Morgan fingerprint density at radius 2 is 1.94 bits per heavy atom. The lowest BCUT2D eigenvalue weighted by Crippen LogP contribution is -2.51. The molecule has 0 spiro atoms. The first-order valence-electron chi connectivity index (χ1n) is 10.2. The zero-order chi connectivity index (χ0) is 22.0. The van der Waals surface area contributed by atoms with E-state index in [1.807, 2.05) is 42.5 Å². The molecular formula is C24H21F3N2O2. The van der Waals surface area contributed by atoms with E-state index in [2.05, 4.69) is 0 Å². The first kappa shape index (κ1) is 21.0. The number of hydrogen-bond acceptors (Lipinski definition) is 3. The van der Waals surface area contributed by atoms with Crippen molar-refractivity contribution in [2.75, 3.05) is 0 Å². The highest BCUT2D eigenvalue weighted by Crippen LogP contribution is 2.39. The summed E-state index contributed by atoms with van der Waals surface area (Å²) in [6, 6.07) is 14.3. The highest BCUT2D eigenvalue weighted by atomic mass is 19.4. The van der Waals surface area contributed by atoms with E-state index >= 15 is 0 Å². The summed E-state index contributed by atoms with van der Waals surface area (Å²) in [5.74, 6) is 0. The second-order valence-corrected chi connectivity index (χ2v) is 7.87. The van der Waals surface area contributed by atoms with Crippen LogP contribution in [0.1, 0.15) is 47.9 Å². The van der Waals surface area contributed by atoms with Crippen LogP contribution >= 0.6 is 0 Å². The quantitative estimate of drug-likeness (QED) is 0.612. The molecule has 0 radical (unpaired) electrons. The third kappa shape index (κ3) is 4.43. The van der Waals surface area contributed by atoms with Gasteiger partial charge in [0.2, 0.25) is 0 Å². The van der Waals surface area contributed by atoms with Crippen molar-refractivity contribution in [2.45, 2.75) is 50.6 Å². The Morgan fingerprint density at radius 3 is 2.61 bits per heavy atom. The minimum atomic E-state index is -4.50. The summed E-state index contributed by atoms with van der Waals surface area (Å²) in [7, 11) is 0. The van der Waals surface area contributed by atoms with E-state index in [4.69, 9.17) is 4.74 Å². The predicted octanol–water partition coefficient (Wildman–Crippen LogP) is 5.92. The van der Waals surface area contributed by atoms with Crippen molar-refractivity contribution in [3.05, 3.63) is 76.9 Å². The molecule has 0 aromatic heterocycles. The van der Waals surface area contributed by atoms with Crippen LogP contribution < -0.4 is 0 Å². The van der Waals surface area contributed by atoms with Crippen molar-refractivity contribution >= 4 is 11.7 Å². The molecule has 31 heavy (non-hydrogen) atoms. The summed E-state index contributed by atoms with van der Waals surface area (Å²) >= 11 is 0.